The highest BCUT2D eigenvalue weighted by Crippen LogP contribution is 2.64. The second-order valence-corrected chi connectivity index (χ2v) is 15.0. The molecule has 1 saturated carbocycles. The Morgan fingerprint density at radius 2 is 1.67 bits per heavy atom. The Labute approximate surface area is 321 Å². The van der Waals surface area contributed by atoms with Crippen LogP contribution >= 0.6 is 23.2 Å². The van der Waals surface area contributed by atoms with Crippen LogP contribution < -0.4 is 5.43 Å². The summed E-state index contributed by atoms with van der Waals surface area (Å²) in [6.45, 7) is -0.383. The molecule has 6 atom stereocenters. The SMILES string of the molecule is O=C1[C@H]2[C@H](CC=C3[C@H]2C[C@H]2C(=O)N(Nc4ncc(C(F)(F)F)cc4Cl)C(=O)[C@@]2(c2ccc(Cl)cc2)[C@H]3c2ccc(CO)o2)C(=O)N1CCc1ccc(O)cc1. The fraction of sp³-hybridized carbons (Fsp3) is 0.308. The summed E-state index contributed by atoms with van der Waals surface area (Å²) in [5, 5.41) is 20.2. The van der Waals surface area contributed by atoms with Gasteiger partial charge in [0.15, 0.2) is 5.82 Å². The summed E-state index contributed by atoms with van der Waals surface area (Å²) in [6, 6.07) is 16.5. The van der Waals surface area contributed by atoms with E-state index in [1.54, 1.807) is 42.5 Å². The highest BCUT2D eigenvalue weighted by Gasteiger charge is 2.71. The van der Waals surface area contributed by atoms with Gasteiger partial charge in [-0.3, -0.25) is 29.5 Å². The highest BCUT2D eigenvalue weighted by molar-refractivity contribution is 6.33. The number of nitrogens with one attached hydrogen (secondary N) is 1. The fourth-order valence-electron chi connectivity index (χ4n) is 8.91. The lowest BCUT2D eigenvalue weighted by Gasteiger charge is -2.49. The quantitative estimate of drug-likeness (QED) is 0.135. The number of carbonyl (C=O) groups is 4. The third kappa shape index (κ3) is 5.89. The number of pyridine rings is 1. The zero-order valence-electron chi connectivity index (χ0n) is 28.6. The summed E-state index contributed by atoms with van der Waals surface area (Å²) in [5.41, 5.74) is 1.46. The van der Waals surface area contributed by atoms with Gasteiger partial charge in [0, 0.05) is 17.8 Å². The number of hydrogen-bond donors (Lipinski definition) is 3. The van der Waals surface area contributed by atoms with Crippen LogP contribution in [0.25, 0.3) is 0 Å². The minimum atomic E-state index is -4.76. The zero-order chi connectivity index (χ0) is 39.0. The van der Waals surface area contributed by atoms with E-state index in [2.05, 4.69) is 10.4 Å². The lowest BCUT2D eigenvalue weighted by Crippen LogP contribution is -2.53. The molecule has 16 heteroatoms. The number of allylic oxidation sites excluding steroid dienone is 2. The first-order valence-corrected chi connectivity index (χ1v) is 18.2. The molecule has 11 nitrogen and oxygen atoms in total. The molecular weight excluding hydrogens is 764 g/mol. The minimum absolute atomic E-state index is 0.0541. The van der Waals surface area contributed by atoms with E-state index in [0.29, 0.717) is 39.9 Å². The first-order valence-electron chi connectivity index (χ1n) is 17.4. The van der Waals surface area contributed by atoms with E-state index < -0.39 is 76.1 Å². The normalized spacial score (nSPS) is 26.2. The molecular formula is C39H31Cl2F3N4O7. The summed E-state index contributed by atoms with van der Waals surface area (Å²) in [5.74, 6) is -6.79. The molecule has 0 spiro atoms. The van der Waals surface area contributed by atoms with Crippen LogP contribution in [0.5, 0.6) is 5.75 Å². The van der Waals surface area contributed by atoms with Crippen molar-refractivity contribution in [2.24, 2.45) is 23.7 Å². The largest absolute Gasteiger partial charge is 0.508 e. The molecule has 2 aliphatic carbocycles. The molecule has 4 aliphatic rings. The first-order chi connectivity index (χ1) is 26.2. The lowest BCUT2D eigenvalue weighted by molar-refractivity contribution is -0.141. The van der Waals surface area contributed by atoms with Gasteiger partial charge in [0.2, 0.25) is 11.8 Å². The third-order valence-corrected chi connectivity index (χ3v) is 11.9. The standard InChI is InChI=1S/C39H31Cl2F3N4O7/c40-22-5-3-20(4-6-22)38-28(35(52)48(37(38)54)46-33-29(41)15-21(17-45-33)39(42,43)44)16-27-25(32(38)30-12-9-24(18-49)55-30)10-11-26-31(27)36(53)47(34(26)51)14-13-19-1-7-23(50)8-2-19/h1-10,12,15,17,26-28,31-32,49-50H,11,13-14,16,18H2,(H,45,46)/t26-,27+,28-,31-,32+,38+/m0/s1. The molecule has 284 valence electrons. The van der Waals surface area contributed by atoms with Crippen molar-refractivity contribution < 1.29 is 47.0 Å². The number of aromatic nitrogens is 1. The number of anilines is 1. The Morgan fingerprint density at radius 1 is 0.945 bits per heavy atom. The number of imide groups is 2. The Hall–Kier alpha value is -5.18. The van der Waals surface area contributed by atoms with Gasteiger partial charge in [0.25, 0.3) is 11.8 Å². The molecule has 2 aromatic carbocycles. The molecule has 2 saturated heterocycles. The van der Waals surface area contributed by atoms with Crippen molar-refractivity contribution in [1.29, 1.82) is 0 Å². The number of hydrogen-bond acceptors (Lipinski definition) is 9. The first kappa shape index (κ1) is 36.8. The molecule has 3 N–H and O–H groups in total. The van der Waals surface area contributed by atoms with Crippen LogP contribution in [0.1, 0.15) is 47.0 Å². The number of nitrogens with zero attached hydrogens (tertiary/aromatic N) is 3. The average molecular weight is 796 g/mol. The Morgan fingerprint density at radius 3 is 2.33 bits per heavy atom. The third-order valence-electron chi connectivity index (χ3n) is 11.3. The summed E-state index contributed by atoms with van der Waals surface area (Å²) in [6.07, 6.45) is -1.94. The number of fused-ring (bicyclic) bond motifs is 4. The predicted molar refractivity (Wildman–Crippen MR) is 190 cm³/mol. The van der Waals surface area contributed by atoms with E-state index in [0.717, 1.165) is 5.56 Å². The van der Waals surface area contributed by atoms with Crippen molar-refractivity contribution in [3.05, 3.63) is 123 Å². The molecule has 2 aliphatic heterocycles. The van der Waals surface area contributed by atoms with Gasteiger partial charge in [-0.2, -0.15) is 18.2 Å². The van der Waals surface area contributed by atoms with Crippen molar-refractivity contribution in [3.63, 3.8) is 0 Å². The van der Waals surface area contributed by atoms with Crippen LogP contribution in [0.2, 0.25) is 10.0 Å². The van der Waals surface area contributed by atoms with E-state index in [9.17, 15) is 37.8 Å². The van der Waals surface area contributed by atoms with E-state index >= 15 is 4.79 Å². The Bertz CT molecular complexity index is 2260. The average Bonchev–Trinajstić information content (AvgIpc) is 3.79. The monoisotopic (exact) mass is 794 g/mol. The molecule has 55 heavy (non-hydrogen) atoms. The smallest absolute Gasteiger partial charge is 0.417 e. The minimum Gasteiger partial charge on any atom is -0.508 e. The number of likely N-dealkylation sites (tertiary alicyclic amines) is 1. The van der Waals surface area contributed by atoms with Gasteiger partial charge in [0.05, 0.1) is 34.3 Å². The summed E-state index contributed by atoms with van der Waals surface area (Å²) in [7, 11) is 0. The maximum Gasteiger partial charge on any atom is 0.417 e. The highest BCUT2D eigenvalue weighted by atomic mass is 35.5. The Kier molecular flexibility index (Phi) is 9.05. The predicted octanol–water partition coefficient (Wildman–Crippen LogP) is 6.43. The number of aromatic hydroxyl groups is 1. The second-order valence-electron chi connectivity index (χ2n) is 14.1. The van der Waals surface area contributed by atoms with Crippen LogP contribution in [0.3, 0.4) is 0 Å². The number of aliphatic hydroxyl groups excluding tert-OH is 1. The molecule has 3 fully saturated rings. The van der Waals surface area contributed by atoms with Crippen LogP contribution in [0.15, 0.2) is 89.0 Å². The number of benzene rings is 2. The van der Waals surface area contributed by atoms with E-state index in [1.807, 2.05) is 6.08 Å². The molecule has 8 rings (SSSR count). The maximum absolute atomic E-state index is 15.2. The van der Waals surface area contributed by atoms with Crippen LogP contribution in [-0.4, -0.2) is 55.3 Å². The summed E-state index contributed by atoms with van der Waals surface area (Å²) in [4.78, 5) is 63.1. The number of halogens is 5. The van der Waals surface area contributed by atoms with Crippen molar-refractivity contribution in [2.45, 2.75) is 43.4 Å². The van der Waals surface area contributed by atoms with Gasteiger partial charge in [-0.25, -0.2) is 4.98 Å². The lowest BCUT2D eigenvalue weighted by atomic mass is 9.50. The number of alkyl halides is 3. The van der Waals surface area contributed by atoms with Gasteiger partial charge in [0.1, 0.15) is 29.3 Å². The van der Waals surface area contributed by atoms with Crippen molar-refractivity contribution >= 4 is 52.6 Å². The van der Waals surface area contributed by atoms with Gasteiger partial charge in [-0.15, -0.1) is 0 Å². The summed E-state index contributed by atoms with van der Waals surface area (Å²) < 4.78 is 46.5. The number of amides is 4. The van der Waals surface area contributed by atoms with E-state index in [1.165, 1.54) is 23.1 Å². The number of rotatable bonds is 8. The molecule has 4 amide bonds. The van der Waals surface area contributed by atoms with Crippen molar-refractivity contribution in [2.75, 3.05) is 12.0 Å². The molecule has 0 bridgehead atoms. The number of phenolic OH excluding ortho intramolecular Hbond substituents is 1. The number of hydrazine groups is 1. The zero-order valence-corrected chi connectivity index (χ0v) is 30.1. The van der Waals surface area contributed by atoms with Crippen LogP contribution in [0, 0.1) is 23.7 Å². The van der Waals surface area contributed by atoms with Gasteiger partial charge in [-0.05, 0) is 78.8 Å². The van der Waals surface area contributed by atoms with Crippen molar-refractivity contribution in [3.8, 4) is 5.75 Å². The van der Waals surface area contributed by atoms with Gasteiger partial charge < -0.3 is 14.6 Å². The Balaban J connectivity index is 1.23. The van der Waals surface area contributed by atoms with E-state index in [-0.39, 0.29) is 48.4 Å². The second kappa shape index (κ2) is 13.5. The molecule has 0 unspecified atom stereocenters. The fourth-order valence-corrected chi connectivity index (χ4v) is 9.25. The van der Waals surface area contributed by atoms with Crippen LogP contribution in [-0.2, 0) is 43.8 Å². The number of furan rings is 1. The number of phenols is 1. The topological polar surface area (TPSA) is 153 Å². The molecule has 0 radical (unpaired) electrons. The van der Waals surface area contributed by atoms with Crippen molar-refractivity contribution in [1.82, 2.24) is 14.9 Å². The van der Waals surface area contributed by atoms with Crippen LogP contribution in [0.4, 0.5) is 19.0 Å². The van der Waals surface area contributed by atoms with Gasteiger partial charge >= 0.3 is 6.18 Å². The summed E-state index contributed by atoms with van der Waals surface area (Å²) >= 11 is 12.5. The maximum atomic E-state index is 15.2. The number of carbonyl (C=O) groups excluding carboxylic acids is 4. The molecule has 2 aromatic heterocycles. The molecule has 4 aromatic rings. The molecule has 4 heterocycles. The number of aliphatic hydroxyl groups is 1. The van der Waals surface area contributed by atoms with E-state index in [4.69, 9.17) is 27.6 Å². The van der Waals surface area contributed by atoms with Gasteiger partial charge in [-0.1, -0.05) is 59.1 Å².